The van der Waals surface area contributed by atoms with E-state index in [1.165, 1.54) is 0 Å². The first kappa shape index (κ1) is 14.5. The number of anilines is 1. The predicted molar refractivity (Wildman–Crippen MR) is 92.7 cm³/mol. The van der Waals surface area contributed by atoms with Gasteiger partial charge in [0.2, 0.25) is 0 Å². The van der Waals surface area contributed by atoms with E-state index in [4.69, 9.17) is 0 Å². The van der Waals surface area contributed by atoms with Crippen LogP contribution in [0.1, 0.15) is 28.9 Å². The van der Waals surface area contributed by atoms with Gasteiger partial charge in [0.25, 0.3) is 11.5 Å². The zero-order valence-corrected chi connectivity index (χ0v) is 13.1. The summed E-state index contributed by atoms with van der Waals surface area (Å²) in [4.78, 5) is 25.5. The van der Waals surface area contributed by atoms with Crippen molar-refractivity contribution in [1.29, 1.82) is 0 Å². The number of para-hydroxylation sites is 2. The van der Waals surface area contributed by atoms with E-state index in [2.05, 4.69) is 5.32 Å². The molecule has 4 rings (SSSR count). The molecule has 1 aliphatic rings. The van der Waals surface area contributed by atoms with Crippen molar-refractivity contribution in [3.63, 3.8) is 0 Å². The molecule has 5 heteroatoms. The maximum atomic E-state index is 12.9. The Labute approximate surface area is 138 Å². The van der Waals surface area contributed by atoms with Gasteiger partial charge in [0.15, 0.2) is 0 Å². The smallest absolute Gasteiger partial charge is 0.268 e. The van der Waals surface area contributed by atoms with Crippen LogP contribution in [0.3, 0.4) is 0 Å². The van der Waals surface area contributed by atoms with Crippen LogP contribution in [0.2, 0.25) is 0 Å². The number of nitrogens with one attached hydrogen (secondary N) is 1. The van der Waals surface area contributed by atoms with Gasteiger partial charge in [-0.15, -0.1) is 0 Å². The van der Waals surface area contributed by atoms with Crippen LogP contribution in [0.25, 0.3) is 10.9 Å². The minimum atomic E-state index is -0.598. The van der Waals surface area contributed by atoms with Crippen molar-refractivity contribution < 1.29 is 9.90 Å². The summed E-state index contributed by atoms with van der Waals surface area (Å²) in [5.41, 5.74) is 1.65. The summed E-state index contributed by atoms with van der Waals surface area (Å²) >= 11 is 0. The van der Waals surface area contributed by atoms with Crippen molar-refractivity contribution in [2.24, 2.45) is 0 Å². The average Bonchev–Trinajstić information content (AvgIpc) is 2.90. The first-order chi connectivity index (χ1) is 11.6. The quantitative estimate of drug-likeness (QED) is 0.762. The molecule has 1 aliphatic heterocycles. The molecule has 3 aromatic rings. The Morgan fingerprint density at radius 1 is 1.17 bits per heavy atom. The number of pyridine rings is 1. The molecule has 2 aromatic carbocycles. The molecule has 0 radical (unpaired) electrons. The van der Waals surface area contributed by atoms with Crippen LogP contribution in [0.4, 0.5) is 5.69 Å². The number of nitrogens with zero attached hydrogens (tertiary/aromatic N) is 1. The Morgan fingerprint density at radius 2 is 1.92 bits per heavy atom. The third kappa shape index (κ3) is 2.01. The lowest BCUT2D eigenvalue weighted by atomic mass is 10.1. The molecular formula is C19H16N2O3. The molecular weight excluding hydrogens is 304 g/mol. The fraction of sp³-hybridized carbons (Fsp3) is 0.158. The summed E-state index contributed by atoms with van der Waals surface area (Å²) in [5.74, 6) is -0.852. The topological polar surface area (TPSA) is 71.3 Å². The van der Waals surface area contributed by atoms with Crippen LogP contribution in [0, 0.1) is 0 Å². The van der Waals surface area contributed by atoms with Crippen molar-refractivity contribution in [3.05, 3.63) is 70.0 Å². The zero-order chi connectivity index (χ0) is 16.8. The third-order valence-electron chi connectivity index (χ3n) is 4.50. The summed E-state index contributed by atoms with van der Waals surface area (Å²) < 4.78 is 1.62. The first-order valence-electron chi connectivity index (χ1n) is 7.83. The molecule has 0 saturated carbocycles. The maximum absolute atomic E-state index is 12.9. The fourth-order valence-electron chi connectivity index (χ4n) is 3.44. The lowest BCUT2D eigenvalue weighted by molar-refractivity contribution is 0.102. The molecule has 120 valence electrons. The van der Waals surface area contributed by atoms with E-state index in [1.807, 2.05) is 25.1 Å². The zero-order valence-electron chi connectivity index (χ0n) is 13.1. The van der Waals surface area contributed by atoms with Crippen molar-refractivity contribution in [1.82, 2.24) is 4.57 Å². The van der Waals surface area contributed by atoms with Gasteiger partial charge in [0.1, 0.15) is 11.3 Å². The molecule has 24 heavy (non-hydrogen) atoms. The number of benzene rings is 2. The highest BCUT2D eigenvalue weighted by atomic mass is 16.3. The third-order valence-corrected chi connectivity index (χ3v) is 4.50. The summed E-state index contributed by atoms with van der Waals surface area (Å²) in [6.07, 6.45) is 0.718. The van der Waals surface area contributed by atoms with E-state index >= 15 is 0 Å². The van der Waals surface area contributed by atoms with Crippen LogP contribution in [-0.4, -0.2) is 15.6 Å². The number of aromatic nitrogens is 1. The molecule has 2 N–H and O–H groups in total. The van der Waals surface area contributed by atoms with Crippen molar-refractivity contribution >= 4 is 22.5 Å². The minimum absolute atomic E-state index is 0.0405. The highest BCUT2D eigenvalue weighted by Gasteiger charge is 2.29. The Balaban J connectivity index is 1.92. The van der Waals surface area contributed by atoms with Gasteiger partial charge in [-0.05, 0) is 37.1 Å². The van der Waals surface area contributed by atoms with Gasteiger partial charge in [0.05, 0.1) is 5.52 Å². The van der Waals surface area contributed by atoms with Crippen LogP contribution in [-0.2, 0) is 6.42 Å². The Kier molecular flexibility index (Phi) is 3.16. The molecule has 0 aliphatic carbocycles. The molecule has 0 unspecified atom stereocenters. The first-order valence-corrected chi connectivity index (χ1v) is 7.83. The largest absolute Gasteiger partial charge is 0.506 e. The van der Waals surface area contributed by atoms with Crippen LogP contribution < -0.4 is 10.9 Å². The van der Waals surface area contributed by atoms with E-state index in [9.17, 15) is 14.7 Å². The van der Waals surface area contributed by atoms with Crippen molar-refractivity contribution in [2.45, 2.75) is 19.4 Å². The van der Waals surface area contributed by atoms with E-state index in [0.29, 0.717) is 11.1 Å². The van der Waals surface area contributed by atoms with Crippen LogP contribution in [0.5, 0.6) is 5.75 Å². The highest BCUT2D eigenvalue weighted by molar-refractivity contribution is 6.09. The van der Waals surface area contributed by atoms with Crippen molar-refractivity contribution in [2.75, 3.05) is 5.32 Å². The highest BCUT2D eigenvalue weighted by Crippen LogP contribution is 2.36. The number of aromatic hydroxyl groups is 1. The second-order valence-corrected chi connectivity index (χ2v) is 6.09. The molecule has 2 heterocycles. The van der Waals surface area contributed by atoms with Gasteiger partial charge in [-0.3, -0.25) is 9.59 Å². The number of amides is 1. The molecule has 1 aromatic heterocycles. The molecule has 0 bridgehead atoms. The second-order valence-electron chi connectivity index (χ2n) is 6.09. The summed E-state index contributed by atoms with van der Waals surface area (Å²) in [6, 6.07) is 14.4. The lowest BCUT2D eigenvalue weighted by Crippen LogP contribution is -2.30. The SMILES string of the molecule is C[C@H]1Cc2cccc3c(O)c(C(=O)Nc4ccccc4)c(=O)n1c23. The number of carbonyl (C=O) groups excluding carboxylic acids is 1. The monoisotopic (exact) mass is 320 g/mol. The van der Waals surface area contributed by atoms with Gasteiger partial charge in [-0.2, -0.15) is 0 Å². The summed E-state index contributed by atoms with van der Waals surface area (Å²) in [6.45, 7) is 1.94. The normalized spacial score (nSPS) is 15.6. The number of hydrogen-bond donors (Lipinski definition) is 2. The average molecular weight is 320 g/mol. The van der Waals surface area contributed by atoms with Crippen LogP contribution >= 0.6 is 0 Å². The van der Waals surface area contributed by atoms with Gasteiger partial charge in [-0.1, -0.05) is 30.3 Å². The van der Waals surface area contributed by atoms with Gasteiger partial charge in [0, 0.05) is 17.1 Å². The second kappa shape index (κ2) is 5.23. The van der Waals surface area contributed by atoms with E-state index in [-0.39, 0.29) is 17.4 Å². The molecule has 1 atom stereocenters. The number of hydrogen-bond acceptors (Lipinski definition) is 3. The summed E-state index contributed by atoms with van der Waals surface area (Å²) in [7, 11) is 0. The number of rotatable bonds is 2. The fourth-order valence-corrected chi connectivity index (χ4v) is 3.44. The predicted octanol–water partition coefficient (Wildman–Crippen LogP) is 3.08. The number of carbonyl (C=O) groups is 1. The Hall–Kier alpha value is -3.08. The molecule has 0 saturated heterocycles. The standard InChI is InChI=1S/C19H16N2O3/c1-11-10-12-6-5-9-14-16(12)21(11)19(24)15(17(14)22)18(23)20-13-7-3-2-4-8-13/h2-9,11,22H,10H2,1H3,(H,20,23)/t11-/m0/s1. The minimum Gasteiger partial charge on any atom is -0.506 e. The lowest BCUT2D eigenvalue weighted by Gasteiger charge is -2.14. The van der Waals surface area contributed by atoms with E-state index < -0.39 is 11.5 Å². The van der Waals surface area contributed by atoms with E-state index in [0.717, 1.165) is 17.5 Å². The molecule has 5 nitrogen and oxygen atoms in total. The Bertz CT molecular complexity index is 1020. The van der Waals surface area contributed by atoms with E-state index in [1.54, 1.807) is 34.9 Å². The Morgan fingerprint density at radius 3 is 2.67 bits per heavy atom. The van der Waals surface area contributed by atoms with Crippen molar-refractivity contribution in [3.8, 4) is 5.75 Å². The van der Waals surface area contributed by atoms with Gasteiger partial charge in [-0.25, -0.2) is 0 Å². The summed E-state index contributed by atoms with van der Waals surface area (Å²) in [5, 5.41) is 13.8. The maximum Gasteiger partial charge on any atom is 0.268 e. The van der Waals surface area contributed by atoms with Gasteiger partial charge >= 0.3 is 0 Å². The van der Waals surface area contributed by atoms with Crippen LogP contribution in [0.15, 0.2) is 53.3 Å². The van der Waals surface area contributed by atoms with Gasteiger partial charge < -0.3 is 15.0 Å². The molecule has 0 fully saturated rings. The molecule has 1 amide bonds. The molecule has 0 spiro atoms.